The van der Waals surface area contributed by atoms with Crippen molar-refractivity contribution in [2.24, 2.45) is 5.73 Å². The lowest BCUT2D eigenvalue weighted by Gasteiger charge is -2.08. The first kappa shape index (κ1) is 12.9. The van der Waals surface area contributed by atoms with E-state index in [1.54, 1.807) is 0 Å². The van der Waals surface area contributed by atoms with Gasteiger partial charge in [0.05, 0.1) is 12.0 Å². The number of hydrogen-bond donors (Lipinski definition) is 1. The van der Waals surface area contributed by atoms with Crippen LogP contribution in [0.5, 0.6) is 5.75 Å². The van der Waals surface area contributed by atoms with Crippen molar-refractivity contribution in [3.8, 4) is 5.75 Å². The molecular weight excluding hydrogens is 228 g/mol. The van der Waals surface area contributed by atoms with Crippen LogP contribution < -0.4 is 10.5 Å². The van der Waals surface area contributed by atoms with E-state index < -0.39 is 10.9 Å². The lowest BCUT2D eigenvalue weighted by Crippen LogP contribution is -2.14. The third-order valence-corrected chi connectivity index (χ3v) is 2.05. The van der Waals surface area contributed by atoms with Crippen molar-refractivity contribution in [2.75, 3.05) is 13.7 Å². The molecule has 1 rings (SSSR count). The van der Waals surface area contributed by atoms with E-state index in [1.807, 2.05) is 0 Å². The fourth-order valence-corrected chi connectivity index (χ4v) is 1.18. The normalized spacial score (nSPS) is 9.76. The number of benzene rings is 1. The highest BCUT2D eigenvalue weighted by atomic mass is 16.6. The smallest absolute Gasteiger partial charge is 0.343 e. The molecule has 17 heavy (non-hydrogen) atoms. The Bertz CT molecular complexity index is 433. The lowest BCUT2D eigenvalue weighted by molar-refractivity contribution is -0.384. The topological polar surface area (TPSA) is 105 Å². The van der Waals surface area contributed by atoms with Gasteiger partial charge in [0.1, 0.15) is 5.75 Å². The van der Waals surface area contributed by atoms with Crippen LogP contribution in [0.15, 0.2) is 18.2 Å². The second kappa shape index (κ2) is 5.80. The van der Waals surface area contributed by atoms with E-state index in [2.05, 4.69) is 4.74 Å². The zero-order chi connectivity index (χ0) is 12.8. The Labute approximate surface area is 97.3 Å². The quantitative estimate of drug-likeness (QED) is 0.459. The minimum Gasteiger partial charge on any atom is -0.482 e. The first-order chi connectivity index (χ1) is 8.08. The van der Waals surface area contributed by atoms with Crippen molar-refractivity contribution >= 4 is 11.7 Å². The summed E-state index contributed by atoms with van der Waals surface area (Å²) in [7, 11) is 1.24. The molecule has 1 aromatic carbocycles. The molecule has 2 N–H and O–H groups in total. The molecule has 0 bridgehead atoms. The maximum atomic E-state index is 10.9. The molecule has 7 heteroatoms. The third kappa shape index (κ3) is 3.42. The largest absolute Gasteiger partial charge is 0.482 e. The molecule has 0 aliphatic rings. The fraction of sp³-hybridized carbons (Fsp3) is 0.300. The lowest BCUT2D eigenvalue weighted by atomic mass is 10.2. The van der Waals surface area contributed by atoms with Crippen LogP contribution in [0.25, 0.3) is 0 Å². The van der Waals surface area contributed by atoms with Crippen LogP contribution in [-0.2, 0) is 16.1 Å². The summed E-state index contributed by atoms with van der Waals surface area (Å²) < 4.78 is 9.54. The van der Waals surface area contributed by atoms with E-state index in [-0.39, 0.29) is 18.8 Å². The SMILES string of the molecule is COC(=O)COc1ccc([N+](=O)[O-])cc1CN. The summed E-state index contributed by atoms with van der Waals surface area (Å²) in [5, 5.41) is 10.5. The number of methoxy groups -OCH3 is 1. The van der Waals surface area contributed by atoms with Gasteiger partial charge in [-0.2, -0.15) is 0 Å². The zero-order valence-electron chi connectivity index (χ0n) is 9.21. The summed E-state index contributed by atoms with van der Waals surface area (Å²) in [6, 6.07) is 4.00. The van der Waals surface area contributed by atoms with Crippen LogP contribution >= 0.6 is 0 Å². The summed E-state index contributed by atoms with van der Waals surface area (Å²) in [6.07, 6.45) is 0. The summed E-state index contributed by atoms with van der Waals surface area (Å²) in [6.45, 7) is -0.181. The second-order valence-electron chi connectivity index (χ2n) is 3.12. The summed E-state index contributed by atoms with van der Waals surface area (Å²) in [5.74, 6) is -0.199. The zero-order valence-corrected chi connectivity index (χ0v) is 9.21. The average molecular weight is 240 g/mol. The minimum atomic E-state index is -0.536. The first-order valence-corrected chi connectivity index (χ1v) is 4.75. The van der Waals surface area contributed by atoms with E-state index in [1.165, 1.54) is 25.3 Å². The van der Waals surface area contributed by atoms with Crippen molar-refractivity contribution in [3.05, 3.63) is 33.9 Å². The Balaban J connectivity index is 2.85. The Morgan fingerprint density at radius 3 is 2.76 bits per heavy atom. The number of nitrogens with zero attached hydrogens (tertiary/aromatic N) is 1. The molecule has 0 aliphatic heterocycles. The van der Waals surface area contributed by atoms with Gasteiger partial charge in [0.25, 0.3) is 5.69 Å². The van der Waals surface area contributed by atoms with E-state index in [9.17, 15) is 14.9 Å². The highest BCUT2D eigenvalue weighted by Gasteiger charge is 2.11. The number of nitro benzene ring substituents is 1. The molecule has 0 amide bonds. The monoisotopic (exact) mass is 240 g/mol. The van der Waals surface area contributed by atoms with Crippen LogP contribution in [0.4, 0.5) is 5.69 Å². The number of hydrogen-bond acceptors (Lipinski definition) is 6. The highest BCUT2D eigenvalue weighted by Crippen LogP contribution is 2.23. The molecule has 0 heterocycles. The molecule has 0 saturated carbocycles. The molecular formula is C10H12N2O5. The van der Waals surface area contributed by atoms with Crippen LogP contribution in [-0.4, -0.2) is 24.6 Å². The van der Waals surface area contributed by atoms with Crippen molar-refractivity contribution in [2.45, 2.75) is 6.54 Å². The number of carbonyl (C=O) groups is 1. The van der Waals surface area contributed by atoms with E-state index in [0.29, 0.717) is 11.3 Å². The van der Waals surface area contributed by atoms with Crippen LogP contribution in [0.2, 0.25) is 0 Å². The van der Waals surface area contributed by atoms with Gasteiger partial charge in [0, 0.05) is 24.2 Å². The molecule has 0 spiro atoms. The van der Waals surface area contributed by atoms with Crippen molar-refractivity contribution in [1.82, 2.24) is 0 Å². The van der Waals surface area contributed by atoms with Gasteiger partial charge in [0.15, 0.2) is 6.61 Å². The van der Waals surface area contributed by atoms with Gasteiger partial charge in [-0.3, -0.25) is 10.1 Å². The van der Waals surface area contributed by atoms with Gasteiger partial charge in [-0.1, -0.05) is 0 Å². The van der Waals surface area contributed by atoms with Gasteiger partial charge >= 0.3 is 5.97 Å². The van der Waals surface area contributed by atoms with Crippen LogP contribution in [0.1, 0.15) is 5.56 Å². The number of rotatable bonds is 5. The number of nitrogens with two attached hydrogens (primary N) is 1. The number of carbonyl (C=O) groups excluding carboxylic acids is 1. The average Bonchev–Trinajstić information content (AvgIpc) is 2.35. The van der Waals surface area contributed by atoms with Gasteiger partial charge in [0.2, 0.25) is 0 Å². The Morgan fingerprint density at radius 1 is 1.53 bits per heavy atom. The second-order valence-corrected chi connectivity index (χ2v) is 3.12. The predicted molar refractivity (Wildman–Crippen MR) is 58.5 cm³/mol. The van der Waals surface area contributed by atoms with Crippen molar-refractivity contribution in [1.29, 1.82) is 0 Å². The third-order valence-electron chi connectivity index (χ3n) is 2.05. The summed E-state index contributed by atoms with van der Waals surface area (Å²) in [5.41, 5.74) is 5.83. The summed E-state index contributed by atoms with van der Waals surface area (Å²) in [4.78, 5) is 20.9. The Morgan fingerprint density at radius 2 is 2.24 bits per heavy atom. The molecule has 7 nitrogen and oxygen atoms in total. The fourth-order valence-electron chi connectivity index (χ4n) is 1.18. The van der Waals surface area contributed by atoms with Gasteiger partial charge < -0.3 is 15.2 Å². The van der Waals surface area contributed by atoms with Gasteiger partial charge in [-0.25, -0.2) is 4.79 Å². The maximum Gasteiger partial charge on any atom is 0.343 e. The first-order valence-electron chi connectivity index (χ1n) is 4.75. The van der Waals surface area contributed by atoms with E-state index in [0.717, 1.165) is 0 Å². The molecule has 92 valence electrons. The predicted octanol–water partition coefficient (Wildman–Crippen LogP) is 0.605. The van der Waals surface area contributed by atoms with Gasteiger partial charge in [-0.15, -0.1) is 0 Å². The van der Waals surface area contributed by atoms with Crippen molar-refractivity contribution in [3.63, 3.8) is 0 Å². The Kier molecular flexibility index (Phi) is 4.41. The number of non-ortho nitro benzene ring substituents is 1. The number of esters is 1. The maximum absolute atomic E-state index is 10.9. The molecule has 0 radical (unpaired) electrons. The number of nitro groups is 1. The van der Waals surface area contributed by atoms with Crippen LogP contribution in [0, 0.1) is 10.1 Å². The van der Waals surface area contributed by atoms with Crippen LogP contribution in [0.3, 0.4) is 0 Å². The molecule has 0 fully saturated rings. The molecule has 0 saturated heterocycles. The van der Waals surface area contributed by atoms with E-state index in [4.69, 9.17) is 10.5 Å². The Hall–Kier alpha value is -2.15. The highest BCUT2D eigenvalue weighted by molar-refractivity contribution is 5.71. The number of ether oxygens (including phenoxy) is 2. The van der Waals surface area contributed by atoms with Gasteiger partial charge in [-0.05, 0) is 6.07 Å². The molecule has 0 aliphatic carbocycles. The molecule has 0 unspecified atom stereocenters. The molecule has 0 aromatic heterocycles. The molecule has 0 atom stereocenters. The van der Waals surface area contributed by atoms with E-state index >= 15 is 0 Å². The summed E-state index contributed by atoms with van der Waals surface area (Å²) >= 11 is 0. The molecule has 1 aromatic rings. The van der Waals surface area contributed by atoms with Crippen molar-refractivity contribution < 1.29 is 19.2 Å². The minimum absolute atomic E-state index is 0.0733. The standard InChI is InChI=1S/C10H12N2O5/c1-16-10(13)6-17-9-3-2-8(12(14)15)4-7(9)5-11/h2-4H,5-6,11H2,1H3.